The summed E-state index contributed by atoms with van der Waals surface area (Å²) < 4.78 is 16.1. The van der Waals surface area contributed by atoms with Crippen molar-refractivity contribution in [2.24, 2.45) is 0 Å². The number of rotatable bonds is 3. The van der Waals surface area contributed by atoms with Crippen LogP contribution in [0.2, 0.25) is 0 Å². The van der Waals surface area contributed by atoms with Gasteiger partial charge in [-0.3, -0.25) is 0 Å². The Labute approximate surface area is 148 Å². The fourth-order valence-corrected chi connectivity index (χ4v) is 3.81. The van der Waals surface area contributed by atoms with Crippen LogP contribution in [-0.4, -0.2) is 0 Å². The third-order valence-electron chi connectivity index (χ3n) is 4.41. The van der Waals surface area contributed by atoms with Crippen LogP contribution in [0.1, 0.15) is 91.5 Å². The Kier molecular flexibility index (Phi) is 4.83. The summed E-state index contributed by atoms with van der Waals surface area (Å²) in [6.45, 7) is 22.6. The third kappa shape index (κ3) is 3.94. The van der Waals surface area contributed by atoms with Crippen molar-refractivity contribution in [2.75, 3.05) is 0 Å². The normalized spacial score (nSPS) is 13.6. The van der Waals surface area contributed by atoms with Gasteiger partial charge in [0.15, 0.2) is 0 Å². The Balaban J connectivity index is 2.92. The van der Waals surface area contributed by atoms with Gasteiger partial charge in [0.1, 0.15) is 5.75 Å². The van der Waals surface area contributed by atoms with Crippen molar-refractivity contribution >= 4 is 8.24 Å². The van der Waals surface area contributed by atoms with Gasteiger partial charge in [0.05, 0.1) is 0 Å². The Morgan fingerprint density at radius 2 is 1.33 bits per heavy atom. The summed E-state index contributed by atoms with van der Waals surface area (Å²) in [4.78, 5) is 0. The second-order valence-electron chi connectivity index (χ2n) is 9.72. The molecule has 2 rings (SSSR count). The average Bonchev–Trinajstić information content (AvgIpc) is 3.17. The van der Waals surface area contributed by atoms with Gasteiger partial charge in [0.25, 0.3) is 0 Å². The zero-order valence-electron chi connectivity index (χ0n) is 17.0. The molecule has 3 nitrogen and oxygen atoms in total. The molecule has 1 aromatic carbocycles. The first kappa shape index (κ1) is 19.2. The molecule has 0 unspecified atom stereocenters. The van der Waals surface area contributed by atoms with E-state index in [1.165, 1.54) is 22.3 Å². The molecule has 2 aromatic rings. The molecule has 1 aromatic heterocycles. The molecule has 0 aliphatic heterocycles. The molecule has 1 heterocycles. The maximum atomic E-state index is 6.17. The van der Waals surface area contributed by atoms with Gasteiger partial charge in [-0.25, -0.2) is 0 Å². The van der Waals surface area contributed by atoms with Gasteiger partial charge in [-0.15, -0.1) is 0 Å². The highest BCUT2D eigenvalue weighted by atomic mass is 31.1. The second kappa shape index (κ2) is 6.02. The Hall–Kier alpha value is -1.08. The fraction of sp³-hybridized carbons (Fsp3) is 0.700. The highest BCUT2D eigenvalue weighted by molar-refractivity contribution is 7.34. The summed E-state index contributed by atoms with van der Waals surface area (Å²) >= 11 is 0. The maximum absolute atomic E-state index is 6.17. The highest BCUT2D eigenvalue weighted by Gasteiger charge is 2.35. The van der Waals surface area contributed by atoms with E-state index >= 15 is 0 Å². The monoisotopic (exact) mass is 352 g/mol. The van der Waals surface area contributed by atoms with Gasteiger partial charge in [0, 0.05) is 11.1 Å². The molecular weight excluding hydrogens is 319 g/mol. The van der Waals surface area contributed by atoms with Crippen LogP contribution in [0, 0.1) is 0 Å². The quantitative estimate of drug-likeness (QED) is 0.550. The molecule has 0 N–H and O–H groups in total. The minimum atomic E-state index is -1.21. The van der Waals surface area contributed by atoms with Gasteiger partial charge in [-0.05, 0) is 33.8 Å². The van der Waals surface area contributed by atoms with Gasteiger partial charge < -0.3 is 4.52 Å². The van der Waals surface area contributed by atoms with Gasteiger partial charge >= 0.3 is 8.24 Å². The molecule has 0 spiro atoms. The molecule has 0 aliphatic carbocycles. The first-order valence-electron chi connectivity index (χ1n) is 8.81. The molecule has 0 saturated carbocycles. The predicted molar refractivity (Wildman–Crippen MR) is 102 cm³/mol. The van der Waals surface area contributed by atoms with Crippen LogP contribution in [0.25, 0.3) is 0 Å². The number of benzene rings is 1. The molecule has 0 amide bonds. The lowest BCUT2D eigenvalue weighted by molar-refractivity contribution is 0.264. The maximum Gasteiger partial charge on any atom is 0.529 e. The summed E-state index contributed by atoms with van der Waals surface area (Å²) in [7, 11) is -1.21. The van der Waals surface area contributed by atoms with E-state index in [1.807, 2.05) is 0 Å². The Bertz CT molecular complexity index is 685. The molecule has 0 bridgehead atoms. The first-order valence-corrected chi connectivity index (χ1v) is 9.90. The van der Waals surface area contributed by atoms with Gasteiger partial charge in [0.2, 0.25) is 0 Å². The van der Waals surface area contributed by atoms with E-state index < -0.39 is 8.24 Å². The number of hydrogen-bond acceptors (Lipinski definition) is 3. The predicted octanol–water partition coefficient (Wildman–Crippen LogP) is 7.16. The molecular formula is C20H33O3P. The summed E-state index contributed by atoms with van der Waals surface area (Å²) in [6.07, 6.45) is 0.986. The molecule has 0 radical (unpaired) electrons. The van der Waals surface area contributed by atoms with Gasteiger partial charge in [-0.2, -0.15) is 8.71 Å². The molecule has 136 valence electrons. The third-order valence-corrected chi connectivity index (χ3v) is 5.01. The van der Waals surface area contributed by atoms with Crippen LogP contribution in [0.3, 0.4) is 0 Å². The van der Waals surface area contributed by atoms with E-state index in [-0.39, 0.29) is 16.2 Å². The lowest BCUT2D eigenvalue weighted by Gasteiger charge is -2.35. The second-order valence-corrected chi connectivity index (χ2v) is 10.6. The van der Waals surface area contributed by atoms with Gasteiger partial charge in [-0.1, -0.05) is 75.3 Å². The average molecular weight is 352 g/mol. The van der Waals surface area contributed by atoms with Crippen LogP contribution in [-0.2, 0) is 22.7 Å². The smallest absolute Gasteiger partial charge is 0.386 e. The highest BCUT2D eigenvalue weighted by Crippen LogP contribution is 2.50. The van der Waals surface area contributed by atoms with Crippen molar-refractivity contribution in [3.63, 3.8) is 0 Å². The SMILES string of the molecule is CCc1c(C(C)(C)C)cc(C(C)(C)C)c(Op2oo2)c1C(C)(C)C. The standard InChI is InChI=1S/C20H33O3P/c1-11-13-14(18(2,3)4)12-15(19(5,6)7)17(21-24-22-23-24)16(13)20(8,9)10/h12H,11H2,1-10H3. The van der Waals surface area contributed by atoms with Crippen molar-refractivity contribution < 1.29 is 13.2 Å². The van der Waals surface area contributed by atoms with Crippen molar-refractivity contribution in [1.82, 2.24) is 0 Å². The fourth-order valence-electron chi connectivity index (χ4n) is 3.30. The van der Waals surface area contributed by atoms with Crippen LogP contribution in [0.15, 0.2) is 14.8 Å². The van der Waals surface area contributed by atoms with E-state index in [0.717, 1.165) is 12.2 Å². The zero-order valence-corrected chi connectivity index (χ0v) is 17.9. The van der Waals surface area contributed by atoms with E-state index in [2.05, 4.69) is 75.3 Å². The van der Waals surface area contributed by atoms with Crippen molar-refractivity contribution in [3.8, 4) is 5.75 Å². The summed E-state index contributed by atoms with van der Waals surface area (Å²) in [5.41, 5.74) is 5.38. The molecule has 0 saturated heterocycles. The Morgan fingerprint density at radius 1 is 0.833 bits per heavy atom. The summed E-state index contributed by atoms with van der Waals surface area (Å²) in [5.74, 6) is 0.962. The van der Waals surface area contributed by atoms with E-state index in [1.54, 1.807) is 0 Å². The first-order chi connectivity index (χ1) is 10.8. The number of hydrogen-bond donors (Lipinski definition) is 0. The van der Waals surface area contributed by atoms with Crippen LogP contribution in [0.4, 0.5) is 0 Å². The van der Waals surface area contributed by atoms with Crippen LogP contribution >= 0.6 is 8.24 Å². The minimum absolute atomic E-state index is 0.0206. The molecule has 0 aliphatic rings. The van der Waals surface area contributed by atoms with Crippen LogP contribution < -0.4 is 4.52 Å². The Morgan fingerprint density at radius 3 is 1.67 bits per heavy atom. The van der Waals surface area contributed by atoms with Crippen molar-refractivity contribution in [3.05, 3.63) is 28.3 Å². The zero-order chi connectivity index (χ0) is 18.5. The van der Waals surface area contributed by atoms with E-state index in [4.69, 9.17) is 13.2 Å². The van der Waals surface area contributed by atoms with Crippen molar-refractivity contribution in [1.29, 1.82) is 0 Å². The van der Waals surface area contributed by atoms with Crippen molar-refractivity contribution in [2.45, 2.75) is 91.9 Å². The van der Waals surface area contributed by atoms with Crippen LogP contribution in [0.5, 0.6) is 5.75 Å². The topological polar surface area (TPSA) is 35.5 Å². The minimum Gasteiger partial charge on any atom is -0.386 e. The van der Waals surface area contributed by atoms with E-state index in [0.29, 0.717) is 0 Å². The summed E-state index contributed by atoms with van der Waals surface area (Å²) in [6, 6.07) is 2.35. The molecule has 0 fully saturated rings. The summed E-state index contributed by atoms with van der Waals surface area (Å²) in [5, 5.41) is 0. The molecule has 4 heteroatoms. The largest absolute Gasteiger partial charge is 0.529 e. The van der Waals surface area contributed by atoms with E-state index in [9.17, 15) is 0 Å². The molecule has 0 atom stereocenters. The molecule has 24 heavy (non-hydrogen) atoms. The lowest BCUT2D eigenvalue weighted by Crippen LogP contribution is -2.25. The lowest BCUT2D eigenvalue weighted by atomic mass is 9.71.